The number of halogens is 1. The molecule has 0 aromatic heterocycles. The highest BCUT2D eigenvalue weighted by atomic mass is 35.5. The summed E-state index contributed by atoms with van der Waals surface area (Å²) in [5, 5.41) is 3.79. The van der Waals surface area contributed by atoms with Crippen molar-refractivity contribution in [2.45, 2.75) is 45.1 Å². The van der Waals surface area contributed by atoms with Crippen molar-refractivity contribution in [3.8, 4) is 0 Å². The lowest BCUT2D eigenvalue weighted by Crippen LogP contribution is -2.52. The van der Waals surface area contributed by atoms with Gasteiger partial charge < -0.3 is 11.1 Å². The molecule has 0 spiro atoms. The molecule has 0 atom stereocenters. The molecule has 19 heavy (non-hydrogen) atoms. The molecule has 0 heterocycles. The SMILES string of the molecule is CCC(CC)(CN)NC(=O)CCc1ccc(Cl)cc1. The molecule has 1 rings (SSSR count). The quantitative estimate of drug-likeness (QED) is 0.808. The van der Waals surface area contributed by atoms with Gasteiger partial charge >= 0.3 is 0 Å². The summed E-state index contributed by atoms with van der Waals surface area (Å²) in [5.74, 6) is 0.0594. The number of nitrogens with one attached hydrogen (secondary N) is 1. The third kappa shape index (κ3) is 4.84. The maximum Gasteiger partial charge on any atom is 0.220 e. The summed E-state index contributed by atoms with van der Waals surface area (Å²) in [6.07, 6.45) is 2.90. The smallest absolute Gasteiger partial charge is 0.220 e. The number of carbonyl (C=O) groups excluding carboxylic acids is 1. The van der Waals surface area contributed by atoms with Crippen molar-refractivity contribution < 1.29 is 4.79 Å². The van der Waals surface area contributed by atoms with Crippen LogP contribution in [-0.2, 0) is 11.2 Å². The molecule has 0 aliphatic heterocycles. The lowest BCUT2D eigenvalue weighted by Gasteiger charge is -2.31. The molecule has 0 saturated carbocycles. The molecule has 0 radical (unpaired) electrons. The average Bonchev–Trinajstić information content (AvgIpc) is 2.44. The van der Waals surface area contributed by atoms with Crippen LogP contribution >= 0.6 is 11.6 Å². The standard InChI is InChI=1S/C15H23ClN2O/c1-3-15(4-2,11-17)18-14(19)10-7-12-5-8-13(16)9-6-12/h5-6,8-9H,3-4,7,10-11,17H2,1-2H3,(H,18,19). The maximum atomic E-state index is 12.0. The van der Waals surface area contributed by atoms with E-state index in [-0.39, 0.29) is 11.4 Å². The number of carbonyl (C=O) groups is 1. The van der Waals surface area contributed by atoms with Crippen LogP contribution in [0.4, 0.5) is 0 Å². The Bertz CT molecular complexity index is 391. The number of rotatable bonds is 7. The zero-order chi connectivity index (χ0) is 14.3. The number of aryl methyl sites for hydroxylation is 1. The van der Waals surface area contributed by atoms with E-state index < -0.39 is 0 Å². The molecule has 0 bridgehead atoms. The zero-order valence-electron chi connectivity index (χ0n) is 11.7. The van der Waals surface area contributed by atoms with Crippen LogP contribution in [-0.4, -0.2) is 18.0 Å². The van der Waals surface area contributed by atoms with Crippen molar-refractivity contribution in [3.63, 3.8) is 0 Å². The first-order valence-corrected chi connectivity index (χ1v) is 7.18. The second-order valence-corrected chi connectivity index (χ2v) is 5.30. The zero-order valence-corrected chi connectivity index (χ0v) is 12.5. The summed E-state index contributed by atoms with van der Waals surface area (Å²) >= 11 is 5.82. The van der Waals surface area contributed by atoms with Crippen LogP contribution in [0.25, 0.3) is 0 Å². The Kier molecular flexibility index (Phi) is 6.32. The fourth-order valence-corrected chi connectivity index (χ4v) is 2.16. The summed E-state index contributed by atoms with van der Waals surface area (Å²) < 4.78 is 0. The van der Waals surface area contributed by atoms with Gasteiger partial charge in [-0.1, -0.05) is 37.6 Å². The molecule has 0 aliphatic carbocycles. The fourth-order valence-electron chi connectivity index (χ4n) is 2.03. The number of hydrogen-bond acceptors (Lipinski definition) is 2. The number of benzene rings is 1. The summed E-state index contributed by atoms with van der Waals surface area (Å²) in [7, 11) is 0. The highest BCUT2D eigenvalue weighted by Crippen LogP contribution is 2.14. The predicted octanol–water partition coefficient (Wildman–Crippen LogP) is 2.91. The van der Waals surface area contributed by atoms with Crippen molar-refractivity contribution in [1.29, 1.82) is 0 Å². The molecule has 1 aromatic rings. The van der Waals surface area contributed by atoms with E-state index in [9.17, 15) is 4.79 Å². The minimum Gasteiger partial charge on any atom is -0.349 e. The molecule has 0 aliphatic rings. The molecular weight excluding hydrogens is 260 g/mol. The second-order valence-electron chi connectivity index (χ2n) is 4.87. The molecule has 3 nitrogen and oxygen atoms in total. The van der Waals surface area contributed by atoms with E-state index >= 15 is 0 Å². The van der Waals surface area contributed by atoms with Gasteiger partial charge in [-0.3, -0.25) is 4.79 Å². The summed E-state index contributed by atoms with van der Waals surface area (Å²) in [5.41, 5.74) is 6.64. The first kappa shape index (κ1) is 16.0. The minimum absolute atomic E-state index is 0.0594. The van der Waals surface area contributed by atoms with E-state index in [0.717, 1.165) is 24.8 Å². The Morgan fingerprint density at radius 1 is 1.26 bits per heavy atom. The van der Waals surface area contributed by atoms with Gasteiger partial charge in [-0.2, -0.15) is 0 Å². The molecule has 0 fully saturated rings. The van der Waals surface area contributed by atoms with Crippen molar-refractivity contribution in [2.75, 3.05) is 6.54 Å². The summed E-state index contributed by atoms with van der Waals surface area (Å²) in [6, 6.07) is 7.59. The topological polar surface area (TPSA) is 55.1 Å². The van der Waals surface area contributed by atoms with Gasteiger partial charge in [-0.05, 0) is 37.0 Å². The molecule has 106 valence electrons. The maximum absolute atomic E-state index is 12.0. The largest absolute Gasteiger partial charge is 0.349 e. The Labute approximate surface area is 120 Å². The molecule has 3 N–H and O–H groups in total. The molecule has 0 saturated heterocycles. The number of hydrogen-bond donors (Lipinski definition) is 2. The average molecular weight is 283 g/mol. The molecule has 0 unspecified atom stereocenters. The van der Waals surface area contributed by atoms with Gasteiger partial charge in [0.05, 0.1) is 5.54 Å². The van der Waals surface area contributed by atoms with Gasteiger partial charge in [-0.15, -0.1) is 0 Å². The van der Waals surface area contributed by atoms with Crippen molar-refractivity contribution in [2.24, 2.45) is 5.73 Å². The molecule has 1 amide bonds. The molecular formula is C15H23ClN2O. The van der Waals surface area contributed by atoms with E-state index in [2.05, 4.69) is 19.2 Å². The van der Waals surface area contributed by atoms with Gasteiger partial charge in [-0.25, -0.2) is 0 Å². The van der Waals surface area contributed by atoms with Gasteiger partial charge in [0.1, 0.15) is 0 Å². The highest BCUT2D eigenvalue weighted by Gasteiger charge is 2.25. The minimum atomic E-state index is -0.253. The Morgan fingerprint density at radius 2 is 1.84 bits per heavy atom. The third-order valence-corrected chi connectivity index (χ3v) is 3.95. The van der Waals surface area contributed by atoms with E-state index in [4.69, 9.17) is 17.3 Å². The van der Waals surface area contributed by atoms with Crippen molar-refractivity contribution in [1.82, 2.24) is 5.32 Å². The van der Waals surface area contributed by atoms with Gasteiger partial charge in [0.25, 0.3) is 0 Å². The second kappa shape index (κ2) is 7.51. The van der Waals surface area contributed by atoms with Crippen molar-refractivity contribution >= 4 is 17.5 Å². The summed E-state index contributed by atoms with van der Waals surface area (Å²) in [6.45, 7) is 4.58. The van der Waals surface area contributed by atoms with Crippen LogP contribution < -0.4 is 11.1 Å². The first-order valence-electron chi connectivity index (χ1n) is 6.80. The van der Waals surface area contributed by atoms with Gasteiger partial charge in [0.15, 0.2) is 0 Å². The van der Waals surface area contributed by atoms with E-state index in [1.807, 2.05) is 24.3 Å². The Balaban J connectivity index is 2.49. The van der Waals surface area contributed by atoms with E-state index in [1.165, 1.54) is 0 Å². The van der Waals surface area contributed by atoms with Gasteiger partial charge in [0, 0.05) is 18.0 Å². The molecule has 1 aromatic carbocycles. The van der Waals surface area contributed by atoms with E-state index in [0.29, 0.717) is 18.0 Å². The highest BCUT2D eigenvalue weighted by molar-refractivity contribution is 6.30. The lowest BCUT2D eigenvalue weighted by molar-refractivity contribution is -0.123. The monoisotopic (exact) mass is 282 g/mol. The van der Waals surface area contributed by atoms with Crippen LogP contribution in [0.15, 0.2) is 24.3 Å². The van der Waals surface area contributed by atoms with Gasteiger partial charge in [0.2, 0.25) is 5.91 Å². The van der Waals surface area contributed by atoms with Crippen LogP contribution in [0.2, 0.25) is 5.02 Å². The van der Waals surface area contributed by atoms with E-state index in [1.54, 1.807) is 0 Å². The van der Waals surface area contributed by atoms with Crippen molar-refractivity contribution in [3.05, 3.63) is 34.9 Å². The lowest BCUT2D eigenvalue weighted by atomic mass is 9.92. The Morgan fingerprint density at radius 3 is 2.32 bits per heavy atom. The third-order valence-electron chi connectivity index (χ3n) is 3.70. The number of amides is 1. The normalized spacial score (nSPS) is 11.4. The van der Waals surface area contributed by atoms with Crippen LogP contribution in [0.1, 0.15) is 38.7 Å². The van der Waals surface area contributed by atoms with Crippen LogP contribution in [0.5, 0.6) is 0 Å². The summed E-state index contributed by atoms with van der Waals surface area (Å²) in [4.78, 5) is 12.0. The fraction of sp³-hybridized carbons (Fsp3) is 0.533. The molecule has 4 heteroatoms. The van der Waals surface area contributed by atoms with Crippen LogP contribution in [0, 0.1) is 0 Å². The Hall–Kier alpha value is -1.06. The number of nitrogens with two attached hydrogens (primary N) is 1. The van der Waals surface area contributed by atoms with Crippen LogP contribution in [0.3, 0.4) is 0 Å². The first-order chi connectivity index (χ1) is 9.05. The predicted molar refractivity (Wildman–Crippen MR) is 80.3 cm³/mol.